The predicted molar refractivity (Wildman–Crippen MR) is 263 cm³/mol. The van der Waals surface area contributed by atoms with Crippen LogP contribution < -0.4 is 4.90 Å². The topological polar surface area (TPSA) is 16.4 Å². The lowest BCUT2D eigenvalue weighted by atomic mass is 9.93. The molecular weight excluding hydrogens is 751 g/mol. The molecule has 290 valence electrons. The first kappa shape index (κ1) is 35.7. The summed E-state index contributed by atoms with van der Waals surface area (Å²) in [7, 11) is 0. The van der Waals surface area contributed by atoms with Crippen LogP contribution in [0.25, 0.3) is 98.8 Å². The molecule has 0 saturated heterocycles. The second kappa shape index (κ2) is 14.8. The highest BCUT2D eigenvalue weighted by molar-refractivity contribution is 6.14. The highest BCUT2D eigenvalue weighted by atomic mass is 16.3. The van der Waals surface area contributed by atoms with E-state index in [-0.39, 0.29) is 0 Å². The molecule has 62 heavy (non-hydrogen) atoms. The minimum Gasteiger partial charge on any atom is -0.456 e. The molecule has 2 heteroatoms. The van der Waals surface area contributed by atoms with E-state index in [9.17, 15) is 0 Å². The lowest BCUT2D eigenvalue weighted by Gasteiger charge is -2.28. The van der Waals surface area contributed by atoms with Gasteiger partial charge in [-0.05, 0) is 132 Å². The summed E-state index contributed by atoms with van der Waals surface area (Å²) in [5.74, 6) is 0. The Bertz CT molecular complexity index is 3630. The van der Waals surface area contributed by atoms with Gasteiger partial charge >= 0.3 is 0 Å². The summed E-state index contributed by atoms with van der Waals surface area (Å²) in [5.41, 5.74) is 14.4. The van der Waals surface area contributed by atoms with Crippen LogP contribution in [0.3, 0.4) is 0 Å². The maximum absolute atomic E-state index is 6.28. The molecule has 12 aromatic rings. The summed E-state index contributed by atoms with van der Waals surface area (Å²) in [4.78, 5) is 2.40. The lowest BCUT2D eigenvalue weighted by Crippen LogP contribution is -2.11. The Labute approximate surface area is 360 Å². The van der Waals surface area contributed by atoms with Gasteiger partial charge in [-0.1, -0.05) is 176 Å². The third-order valence-electron chi connectivity index (χ3n) is 12.5. The van der Waals surface area contributed by atoms with Gasteiger partial charge < -0.3 is 9.32 Å². The second-order valence-corrected chi connectivity index (χ2v) is 16.1. The van der Waals surface area contributed by atoms with Crippen molar-refractivity contribution in [1.82, 2.24) is 0 Å². The standard InChI is InChI=1S/C60H39NO/c1-3-18-49-41(13-1)15-12-24-50(49)44-16-11-17-45(37-44)52-20-7-9-25-58(52)61(47-32-27-40(28-33-47)43-31-36-56-55-23-8-10-26-59(55)62-60(56)39-43)48-34-29-42(30-35-48)57-38-46-14-2-4-19-51(46)53-21-5-6-22-54(53)57/h1-39H. The van der Waals surface area contributed by atoms with Crippen molar-refractivity contribution in [2.24, 2.45) is 0 Å². The van der Waals surface area contributed by atoms with E-state index in [1.807, 2.05) is 12.1 Å². The van der Waals surface area contributed by atoms with Crippen molar-refractivity contribution in [3.05, 3.63) is 237 Å². The molecule has 0 bridgehead atoms. The molecule has 1 aromatic heterocycles. The predicted octanol–water partition coefficient (Wildman–Crippen LogP) is 17.2. The van der Waals surface area contributed by atoms with Gasteiger partial charge in [0.2, 0.25) is 0 Å². The number of fused-ring (bicyclic) bond motifs is 7. The van der Waals surface area contributed by atoms with Gasteiger partial charge in [0.15, 0.2) is 0 Å². The van der Waals surface area contributed by atoms with Gasteiger partial charge in [0.25, 0.3) is 0 Å². The normalized spacial score (nSPS) is 11.5. The Hall–Kier alpha value is -8.20. The van der Waals surface area contributed by atoms with Crippen LogP contribution in [0.5, 0.6) is 0 Å². The van der Waals surface area contributed by atoms with E-state index >= 15 is 0 Å². The fourth-order valence-corrected chi connectivity index (χ4v) is 9.46. The summed E-state index contributed by atoms with van der Waals surface area (Å²) in [6.45, 7) is 0. The van der Waals surface area contributed by atoms with E-state index in [4.69, 9.17) is 4.42 Å². The van der Waals surface area contributed by atoms with Gasteiger partial charge in [0.05, 0.1) is 5.69 Å². The number of furan rings is 1. The van der Waals surface area contributed by atoms with Crippen LogP contribution in [-0.2, 0) is 0 Å². The van der Waals surface area contributed by atoms with Crippen LogP contribution in [-0.4, -0.2) is 0 Å². The smallest absolute Gasteiger partial charge is 0.136 e. The maximum atomic E-state index is 6.28. The zero-order chi connectivity index (χ0) is 41.0. The zero-order valence-electron chi connectivity index (χ0n) is 33.9. The van der Waals surface area contributed by atoms with Crippen LogP contribution in [0.1, 0.15) is 0 Å². The maximum Gasteiger partial charge on any atom is 0.136 e. The van der Waals surface area contributed by atoms with Gasteiger partial charge in [-0.15, -0.1) is 0 Å². The molecule has 2 nitrogen and oxygen atoms in total. The van der Waals surface area contributed by atoms with E-state index in [0.717, 1.165) is 61.3 Å². The van der Waals surface area contributed by atoms with Crippen LogP contribution in [0.4, 0.5) is 17.1 Å². The number of hydrogen-bond donors (Lipinski definition) is 0. The molecule has 0 amide bonds. The second-order valence-electron chi connectivity index (χ2n) is 16.1. The Kier molecular flexibility index (Phi) is 8.53. The van der Waals surface area contributed by atoms with Gasteiger partial charge in [-0.3, -0.25) is 0 Å². The summed E-state index contributed by atoms with van der Waals surface area (Å²) in [5, 5.41) is 9.80. The van der Waals surface area contributed by atoms with Crippen molar-refractivity contribution in [3.63, 3.8) is 0 Å². The van der Waals surface area contributed by atoms with Crippen molar-refractivity contribution < 1.29 is 4.42 Å². The first-order valence-electron chi connectivity index (χ1n) is 21.2. The van der Waals surface area contributed by atoms with Gasteiger partial charge in [-0.25, -0.2) is 0 Å². The molecule has 12 rings (SSSR count). The average Bonchev–Trinajstić information content (AvgIpc) is 3.72. The van der Waals surface area contributed by atoms with E-state index in [1.165, 1.54) is 54.6 Å². The number of para-hydroxylation sites is 2. The Morgan fingerprint density at radius 1 is 0.258 bits per heavy atom. The molecule has 0 fully saturated rings. The Balaban J connectivity index is 0.986. The first-order chi connectivity index (χ1) is 30.7. The van der Waals surface area contributed by atoms with E-state index in [1.54, 1.807) is 0 Å². The van der Waals surface area contributed by atoms with Gasteiger partial charge in [0.1, 0.15) is 11.2 Å². The average molecular weight is 790 g/mol. The molecule has 11 aromatic carbocycles. The number of anilines is 3. The van der Waals surface area contributed by atoms with Crippen molar-refractivity contribution >= 4 is 71.3 Å². The quantitative estimate of drug-likeness (QED) is 0.150. The van der Waals surface area contributed by atoms with Crippen molar-refractivity contribution in [1.29, 1.82) is 0 Å². The molecule has 0 atom stereocenters. The molecule has 0 aliphatic heterocycles. The van der Waals surface area contributed by atoms with Crippen molar-refractivity contribution in [3.8, 4) is 44.5 Å². The summed E-state index contributed by atoms with van der Waals surface area (Å²) in [6, 6.07) is 85.6. The molecule has 0 unspecified atom stereocenters. The fourth-order valence-electron chi connectivity index (χ4n) is 9.46. The van der Waals surface area contributed by atoms with E-state index < -0.39 is 0 Å². The molecule has 0 aliphatic rings. The molecular formula is C60H39NO. The third kappa shape index (κ3) is 6.12. The number of hydrogen-bond acceptors (Lipinski definition) is 2. The monoisotopic (exact) mass is 789 g/mol. The number of rotatable bonds is 7. The molecule has 0 aliphatic carbocycles. The van der Waals surface area contributed by atoms with E-state index in [2.05, 4.69) is 229 Å². The highest BCUT2D eigenvalue weighted by Crippen LogP contribution is 2.44. The van der Waals surface area contributed by atoms with Crippen molar-refractivity contribution in [2.75, 3.05) is 4.90 Å². The van der Waals surface area contributed by atoms with Crippen LogP contribution in [0.15, 0.2) is 241 Å². The first-order valence-corrected chi connectivity index (χ1v) is 21.2. The minimum absolute atomic E-state index is 0.897. The minimum atomic E-state index is 0.897. The fraction of sp³-hybridized carbons (Fsp3) is 0. The van der Waals surface area contributed by atoms with Crippen LogP contribution >= 0.6 is 0 Å². The molecule has 1 heterocycles. The van der Waals surface area contributed by atoms with Gasteiger partial charge in [0, 0.05) is 27.7 Å². The van der Waals surface area contributed by atoms with Gasteiger partial charge in [-0.2, -0.15) is 0 Å². The summed E-state index contributed by atoms with van der Waals surface area (Å²) >= 11 is 0. The summed E-state index contributed by atoms with van der Waals surface area (Å²) in [6.07, 6.45) is 0. The highest BCUT2D eigenvalue weighted by Gasteiger charge is 2.19. The SMILES string of the molecule is c1cc(-c2ccccc2N(c2ccc(-c3ccc4c(c3)oc3ccccc34)cc2)c2ccc(-c3cc4ccccc4c4ccccc34)cc2)cc(-c2cccc3ccccc23)c1. The Morgan fingerprint density at radius 3 is 1.61 bits per heavy atom. The number of nitrogens with zero attached hydrogens (tertiary/aromatic N) is 1. The van der Waals surface area contributed by atoms with Crippen LogP contribution in [0, 0.1) is 0 Å². The summed E-state index contributed by atoms with van der Waals surface area (Å²) < 4.78 is 6.28. The van der Waals surface area contributed by atoms with Crippen LogP contribution in [0.2, 0.25) is 0 Å². The van der Waals surface area contributed by atoms with E-state index in [0.29, 0.717) is 0 Å². The molecule has 0 saturated carbocycles. The zero-order valence-corrected chi connectivity index (χ0v) is 33.9. The number of benzene rings is 11. The molecule has 0 radical (unpaired) electrons. The third-order valence-corrected chi connectivity index (χ3v) is 12.5. The molecule has 0 N–H and O–H groups in total. The largest absolute Gasteiger partial charge is 0.456 e. The lowest BCUT2D eigenvalue weighted by molar-refractivity contribution is 0.669. The molecule has 0 spiro atoms. The Morgan fingerprint density at radius 2 is 0.806 bits per heavy atom. The van der Waals surface area contributed by atoms with Crippen molar-refractivity contribution in [2.45, 2.75) is 0 Å².